The predicted molar refractivity (Wildman–Crippen MR) is 97.7 cm³/mol. The molecule has 0 aliphatic heterocycles. The number of benzene rings is 2. The summed E-state index contributed by atoms with van der Waals surface area (Å²) in [6, 6.07) is 16.6. The van der Waals surface area contributed by atoms with Crippen molar-refractivity contribution >= 4 is 29.0 Å². The molecule has 2 N–H and O–H groups in total. The van der Waals surface area contributed by atoms with Gasteiger partial charge >= 0.3 is 0 Å². The molecule has 0 saturated carbocycles. The Hall–Kier alpha value is -2.68. The predicted octanol–water partition coefficient (Wildman–Crippen LogP) is 4.27. The molecule has 0 fully saturated rings. The standard InChI is InChI=1S/C18H14Cl2N4O/c19-14-5-1-12(2-6-14)10-24-17(22)16(9-21)18(23-24)25-11-13-3-7-15(20)8-4-13/h1-8H,10-11,22H2. The van der Waals surface area contributed by atoms with Gasteiger partial charge in [0.05, 0.1) is 6.54 Å². The number of ether oxygens (including phenoxy) is 1. The second-order valence-corrected chi connectivity index (χ2v) is 6.25. The maximum atomic E-state index is 9.35. The van der Waals surface area contributed by atoms with Crippen molar-refractivity contribution in [3.05, 3.63) is 75.3 Å². The Kier molecular flexibility index (Phi) is 5.13. The number of nitrogens with zero attached hydrogens (tertiary/aromatic N) is 3. The first kappa shape index (κ1) is 17.2. The summed E-state index contributed by atoms with van der Waals surface area (Å²) in [5, 5.41) is 15.0. The summed E-state index contributed by atoms with van der Waals surface area (Å²) in [7, 11) is 0. The number of rotatable bonds is 5. The Morgan fingerprint density at radius 3 is 2.12 bits per heavy atom. The molecule has 3 aromatic rings. The van der Waals surface area contributed by atoms with Crippen LogP contribution in [0.3, 0.4) is 0 Å². The van der Waals surface area contributed by atoms with Gasteiger partial charge in [-0.15, -0.1) is 5.10 Å². The molecule has 1 aromatic heterocycles. The highest BCUT2D eigenvalue weighted by molar-refractivity contribution is 6.30. The molecular formula is C18H14Cl2N4O. The van der Waals surface area contributed by atoms with Crippen LogP contribution in [0.2, 0.25) is 10.0 Å². The monoisotopic (exact) mass is 372 g/mol. The molecule has 0 bridgehead atoms. The lowest BCUT2D eigenvalue weighted by atomic mass is 10.2. The number of hydrogen-bond donors (Lipinski definition) is 1. The normalized spacial score (nSPS) is 10.4. The van der Waals surface area contributed by atoms with E-state index in [0.717, 1.165) is 11.1 Å². The molecule has 0 atom stereocenters. The van der Waals surface area contributed by atoms with Crippen LogP contribution in [0.5, 0.6) is 5.88 Å². The molecule has 5 nitrogen and oxygen atoms in total. The highest BCUT2D eigenvalue weighted by Gasteiger charge is 2.17. The van der Waals surface area contributed by atoms with E-state index in [1.165, 1.54) is 0 Å². The third-order valence-corrected chi connectivity index (χ3v) is 4.11. The Morgan fingerprint density at radius 2 is 1.56 bits per heavy atom. The maximum Gasteiger partial charge on any atom is 0.253 e. The van der Waals surface area contributed by atoms with E-state index in [1.807, 2.05) is 30.3 Å². The van der Waals surface area contributed by atoms with Gasteiger partial charge in [-0.25, -0.2) is 4.68 Å². The van der Waals surface area contributed by atoms with Gasteiger partial charge in [0, 0.05) is 10.0 Å². The molecule has 0 unspecified atom stereocenters. The van der Waals surface area contributed by atoms with Crippen LogP contribution < -0.4 is 10.5 Å². The van der Waals surface area contributed by atoms with E-state index in [2.05, 4.69) is 5.10 Å². The molecule has 25 heavy (non-hydrogen) atoms. The molecule has 0 amide bonds. The second-order valence-electron chi connectivity index (χ2n) is 5.38. The quantitative estimate of drug-likeness (QED) is 0.725. The van der Waals surface area contributed by atoms with Crippen LogP contribution in [-0.2, 0) is 13.2 Å². The van der Waals surface area contributed by atoms with Crippen LogP contribution in [0.1, 0.15) is 16.7 Å². The van der Waals surface area contributed by atoms with E-state index in [0.29, 0.717) is 16.6 Å². The van der Waals surface area contributed by atoms with Gasteiger partial charge in [-0.2, -0.15) is 5.26 Å². The van der Waals surface area contributed by atoms with Gasteiger partial charge in [0.15, 0.2) is 5.56 Å². The molecule has 2 aromatic carbocycles. The molecule has 3 rings (SSSR count). The fourth-order valence-electron chi connectivity index (χ4n) is 2.27. The lowest BCUT2D eigenvalue weighted by Gasteiger charge is -2.04. The van der Waals surface area contributed by atoms with Gasteiger partial charge in [0.1, 0.15) is 18.5 Å². The van der Waals surface area contributed by atoms with Crippen molar-refractivity contribution < 1.29 is 4.74 Å². The third-order valence-electron chi connectivity index (χ3n) is 3.61. The zero-order chi connectivity index (χ0) is 17.8. The molecule has 0 saturated heterocycles. The van der Waals surface area contributed by atoms with Crippen LogP contribution in [0.25, 0.3) is 0 Å². The molecule has 0 radical (unpaired) electrons. The third kappa shape index (κ3) is 4.05. The Bertz CT molecular complexity index is 912. The minimum atomic E-state index is 0.212. The first-order chi connectivity index (χ1) is 12.1. The van der Waals surface area contributed by atoms with E-state index in [4.69, 9.17) is 33.7 Å². The number of aromatic nitrogens is 2. The summed E-state index contributed by atoms with van der Waals surface area (Å²) in [6.07, 6.45) is 0. The molecular weight excluding hydrogens is 359 g/mol. The van der Waals surface area contributed by atoms with Crippen molar-refractivity contribution in [1.29, 1.82) is 5.26 Å². The lowest BCUT2D eigenvalue weighted by molar-refractivity contribution is 0.289. The zero-order valence-corrected chi connectivity index (χ0v) is 14.6. The molecule has 126 valence electrons. The van der Waals surface area contributed by atoms with E-state index < -0.39 is 0 Å². The van der Waals surface area contributed by atoms with Crippen LogP contribution >= 0.6 is 23.2 Å². The van der Waals surface area contributed by atoms with Gasteiger partial charge in [-0.05, 0) is 35.4 Å². The summed E-state index contributed by atoms with van der Waals surface area (Å²) in [5.74, 6) is 0.479. The smallest absolute Gasteiger partial charge is 0.253 e. The van der Waals surface area contributed by atoms with Crippen molar-refractivity contribution in [3.8, 4) is 11.9 Å². The van der Waals surface area contributed by atoms with Crippen LogP contribution in [0.4, 0.5) is 5.82 Å². The molecule has 0 aliphatic carbocycles. The van der Waals surface area contributed by atoms with Crippen LogP contribution in [-0.4, -0.2) is 9.78 Å². The average Bonchev–Trinajstić information content (AvgIpc) is 2.91. The number of halogens is 2. The van der Waals surface area contributed by atoms with Gasteiger partial charge < -0.3 is 10.5 Å². The summed E-state index contributed by atoms with van der Waals surface area (Å²) in [6.45, 7) is 0.686. The van der Waals surface area contributed by atoms with Crippen molar-refractivity contribution in [2.75, 3.05) is 5.73 Å². The molecule has 1 heterocycles. The fraction of sp³-hybridized carbons (Fsp3) is 0.111. The number of hydrogen-bond acceptors (Lipinski definition) is 4. The summed E-state index contributed by atoms with van der Waals surface area (Å²) in [5.41, 5.74) is 8.14. The topological polar surface area (TPSA) is 76.9 Å². The molecule has 0 aliphatic rings. The van der Waals surface area contributed by atoms with Crippen molar-refractivity contribution in [3.63, 3.8) is 0 Å². The Balaban J connectivity index is 1.79. The number of nitrogens with two attached hydrogens (primary N) is 1. The Labute approximate surface area is 155 Å². The van der Waals surface area contributed by atoms with E-state index in [9.17, 15) is 5.26 Å². The van der Waals surface area contributed by atoms with Crippen molar-refractivity contribution in [1.82, 2.24) is 9.78 Å². The first-order valence-electron chi connectivity index (χ1n) is 7.45. The van der Waals surface area contributed by atoms with E-state index in [-0.39, 0.29) is 23.9 Å². The number of anilines is 1. The van der Waals surface area contributed by atoms with Crippen LogP contribution in [0, 0.1) is 11.3 Å². The number of nitriles is 1. The van der Waals surface area contributed by atoms with Gasteiger partial charge in [-0.3, -0.25) is 0 Å². The molecule has 0 spiro atoms. The van der Waals surface area contributed by atoms with Gasteiger partial charge in [-0.1, -0.05) is 47.5 Å². The van der Waals surface area contributed by atoms with Crippen LogP contribution in [0.15, 0.2) is 48.5 Å². The second kappa shape index (κ2) is 7.47. The Morgan fingerprint density at radius 1 is 1.00 bits per heavy atom. The zero-order valence-electron chi connectivity index (χ0n) is 13.1. The maximum absolute atomic E-state index is 9.35. The highest BCUT2D eigenvalue weighted by atomic mass is 35.5. The minimum Gasteiger partial charge on any atom is -0.471 e. The highest BCUT2D eigenvalue weighted by Crippen LogP contribution is 2.25. The van der Waals surface area contributed by atoms with Crippen molar-refractivity contribution in [2.45, 2.75) is 13.2 Å². The average molecular weight is 373 g/mol. The summed E-state index contributed by atoms with van der Waals surface area (Å²) < 4.78 is 7.21. The lowest BCUT2D eigenvalue weighted by Crippen LogP contribution is -2.06. The largest absolute Gasteiger partial charge is 0.471 e. The first-order valence-corrected chi connectivity index (χ1v) is 8.20. The summed E-state index contributed by atoms with van der Waals surface area (Å²) >= 11 is 11.8. The van der Waals surface area contributed by atoms with Gasteiger partial charge in [0.25, 0.3) is 5.88 Å². The van der Waals surface area contributed by atoms with E-state index in [1.54, 1.807) is 28.9 Å². The fourth-order valence-corrected chi connectivity index (χ4v) is 2.53. The minimum absolute atomic E-state index is 0.212. The van der Waals surface area contributed by atoms with Gasteiger partial charge in [0.2, 0.25) is 0 Å². The van der Waals surface area contributed by atoms with E-state index >= 15 is 0 Å². The summed E-state index contributed by atoms with van der Waals surface area (Å²) in [4.78, 5) is 0. The van der Waals surface area contributed by atoms with Crippen molar-refractivity contribution in [2.24, 2.45) is 0 Å². The number of nitrogen functional groups attached to an aromatic ring is 1. The molecule has 7 heteroatoms. The SMILES string of the molecule is N#Cc1c(OCc2ccc(Cl)cc2)nn(Cc2ccc(Cl)cc2)c1N.